The van der Waals surface area contributed by atoms with E-state index in [0.29, 0.717) is 13.0 Å². The van der Waals surface area contributed by atoms with E-state index in [2.05, 4.69) is 20.9 Å². The van der Waals surface area contributed by atoms with Crippen LogP contribution in [0.4, 0.5) is 4.79 Å². The lowest BCUT2D eigenvalue weighted by Crippen LogP contribution is -2.51. The van der Waals surface area contributed by atoms with Crippen LogP contribution in [-0.2, 0) is 17.8 Å². The molecule has 0 radical (unpaired) electrons. The fraction of sp³-hybridized carbons (Fsp3) is 0.273. The molecule has 0 aliphatic heterocycles. The maximum atomic E-state index is 12.9. The minimum Gasteiger partial charge on any atom is -0.361 e. The number of aromatic amines is 1. The van der Waals surface area contributed by atoms with E-state index in [1.54, 1.807) is 0 Å². The lowest BCUT2D eigenvalue weighted by molar-refractivity contribution is -0.123. The number of aromatic nitrogens is 1. The average molecular weight is 376 g/mol. The fourth-order valence-electron chi connectivity index (χ4n) is 3.25. The summed E-state index contributed by atoms with van der Waals surface area (Å²) in [6, 6.07) is 17.0. The molecule has 6 nitrogen and oxygen atoms in total. The number of rotatable bonds is 7. The molecule has 1 heterocycles. The van der Waals surface area contributed by atoms with Crippen molar-refractivity contribution in [3.8, 4) is 0 Å². The first-order valence-corrected chi connectivity index (χ1v) is 9.63. The van der Waals surface area contributed by atoms with E-state index in [1.807, 2.05) is 60.8 Å². The summed E-state index contributed by atoms with van der Waals surface area (Å²) in [7, 11) is 0. The molecule has 4 N–H and O–H groups in total. The van der Waals surface area contributed by atoms with Gasteiger partial charge in [-0.1, -0.05) is 48.5 Å². The molecule has 1 aliphatic carbocycles. The second kappa shape index (κ2) is 8.17. The molecule has 1 aromatic heterocycles. The third-order valence-electron chi connectivity index (χ3n) is 4.94. The molecule has 0 spiro atoms. The van der Waals surface area contributed by atoms with Crippen molar-refractivity contribution in [2.45, 2.75) is 37.9 Å². The molecular formula is C22H24N4O2. The summed E-state index contributed by atoms with van der Waals surface area (Å²) >= 11 is 0. The molecular weight excluding hydrogens is 352 g/mol. The Balaban J connectivity index is 1.47. The Hall–Kier alpha value is -3.28. The minimum atomic E-state index is -0.651. The fourth-order valence-corrected chi connectivity index (χ4v) is 3.25. The Morgan fingerprint density at radius 3 is 2.57 bits per heavy atom. The smallest absolute Gasteiger partial charge is 0.315 e. The van der Waals surface area contributed by atoms with E-state index in [4.69, 9.17) is 0 Å². The van der Waals surface area contributed by atoms with E-state index in [0.717, 1.165) is 34.9 Å². The second-order valence-electron chi connectivity index (χ2n) is 7.21. The summed E-state index contributed by atoms with van der Waals surface area (Å²) < 4.78 is 0. The molecule has 4 rings (SSSR count). The van der Waals surface area contributed by atoms with Crippen LogP contribution in [-0.4, -0.2) is 29.0 Å². The first-order valence-electron chi connectivity index (χ1n) is 9.63. The topological polar surface area (TPSA) is 86.0 Å². The van der Waals surface area contributed by atoms with Crippen molar-refractivity contribution in [3.05, 3.63) is 71.9 Å². The highest BCUT2D eigenvalue weighted by Crippen LogP contribution is 2.20. The van der Waals surface area contributed by atoms with Gasteiger partial charge in [-0.05, 0) is 30.0 Å². The van der Waals surface area contributed by atoms with Gasteiger partial charge in [-0.2, -0.15) is 0 Å². The third-order valence-corrected chi connectivity index (χ3v) is 4.94. The van der Waals surface area contributed by atoms with Crippen LogP contribution in [0.25, 0.3) is 10.9 Å². The zero-order valence-corrected chi connectivity index (χ0v) is 15.6. The van der Waals surface area contributed by atoms with Gasteiger partial charge in [0.1, 0.15) is 6.04 Å². The van der Waals surface area contributed by atoms with Crippen LogP contribution in [0.1, 0.15) is 24.0 Å². The SMILES string of the molecule is O=C(NC1CC1)N[C@@H](Cc1c[nH]c2ccccc12)C(=O)NCc1ccccc1. The number of benzene rings is 2. The van der Waals surface area contributed by atoms with Gasteiger partial charge in [-0.3, -0.25) is 4.79 Å². The zero-order valence-electron chi connectivity index (χ0n) is 15.6. The van der Waals surface area contributed by atoms with Gasteiger partial charge in [0.2, 0.25) is 5.91 Å². The maximum Gasteiger partial charge on any atom is 0.315 e. The Labute approximate surface area is 163 Å². The van der Waals surface area contributed by atoms with Crippen molar-refractivity contribution in [2.75, 3.05) is 0 Å². The number of H-pyrrole nitrogens is 1. The number of amides is 3. The van der Waals surface area contributed by atoms with E-state index in [-0.39, 0.29) is 18.0 Å². The average Bonchev–Trinajstić information content (AvgIpc) is 3.44. The molecule has 3 aromatic rings. The van der Waals surface area contributed by atoms with Crippen LogP contribution in [0, 0.1) is 0 Å². The molecule has 2 aromatic carbocycles. The van der Waals surface area contributed by atoms with Crippen molar-refractivity contribution >= 4 is 22.8 Å². The molecule has 144 valence electrons. The van der Waals surface area contributed by atoms with Gasteiger partial charge >= 0.3 is 6.03 Å². The predicted molar refractivity (Wildman–Crippen MR) is 109 cm³/mol. The molecule has 1 fully saturated rings. The minimum absolute atomic E-state index is 0.194. The van der Waals surface area contributed by atoms with Crippen LogP contribution in [0.15, 0.2) is 60.8 Å². The summed E-state index contributed by atoms with van der Waals surface area (Å²) in [6.07, 6.45) is 4.33. The third kappa shape index (κ3) is 4.52. The van der Waals surface area contributed by atoms with Crippen molar-refractivity contribution in [1.29, 1.82) is 0 Å². The summed E-state index contributed by atoms with van der Waals surface area (Å²) in [5, 5.41) is 9.75. The predicted octanol–water partition coefficient (Wildman–Crippen LogP) is 2.86. The van der Waals surface area contributed by atoms with Crippen molar-refractivity contribution < 1.29 is 9.59 Å². The lowest BCUT2D eigenvalue weighted by atomic mass is 10.0. The molecule has 1 atom stereocenters. The quantitative estimate of drug-likeness (QED) is 0.511. The normalized spacial score (nSPS) is 14.4. The van der Waals surface area contributed by atoms with Gasteiger partial charge in [0.25, 0.3) is 0 Å². The van der Waals surface area contributed by atoms with Gasteiger partial charge in [0.15, 0.2) is 0 Å². The first-order chi connectivity index (χ1) is 13.7. The molecule has 3 amide bonds. The number of hydrogen-bond donors (Lipinski definition) is 4. The first kappa shape index (κ1) is 18.1. The molecule has 0 unspecified atom stereocenters. The van der Waals surface area contributed by atoms with Crippen LogP contribution in [0.2, 0.25) is 0 Å². The van der Waals surface area contributed by atoms with Gasteiger partial charge in [-0.15, -0.1) is 0 Å². The summed E-state index contributed by atoms with van der Waals surface area (Å²) in [6.45, 7) is 0.427. The van der Waals surface area contributed by atoms with E-state index in [9.17, 15) is 9.59 Å². The van der Waals surface area contributed by atoms with E-state index >= 15 is 0 Å². The molecule has 0 bridgehead atoms. The number of urea groups is 1. The lowest BCUT2D eigenvalue weighted by Gasteiger charge is -2.19. The highest BCUT2D eigenvalue weighted by molar-refractivity contribution is 5.89. The summed E-state index contributed by atoms with van der Waals surface area (Å²) in [4.78, 5) is 28.3. The number of para-hydroxylation sites is 1. The highest BCUT2D eigenvalue weighted by atomic mass is 16.2. The van der Waals surface area contributed by atoms with Crippen LogP contribution in [0.3, 0.4) is 0 Å². The summed E-state index contributed by atoms with van der Waals surface area (Å²) in [5.74, 6) is -0.194. The Bertz CT molecular complexity index is 963. The van der Waals surface area contributed by atoms with Crippen LogP contribution in [0.5, 0.6) is 0 Å². The molecule has 0 saturated heterocycles. The van der Waals surface area contributed by atoms with Crippen LogP contribution < -0.4 is 16.0 Å². The van der Waals surface area contributed by atoms with Crippen LogP contribution >= 0.6 is 0 Å². The van der Waals surface area contributed by atoms with E-state index in [1.165, 1.54) is 0 Å². The molecule has 28 heavy (non-hydrogen) atoms. The monoisotopic (exact) mass is 376 g/mol. The Morgan fingerprint density at radius 2 is 1.79 bits per heavy atom. The van der Waals surface area contributed by atoms with Gasteiger partial charge in [0.05, 0.1) is 0 Å². The van der Waals surface area contributed by atoms with Crippen molar-refractivity contribution in [2.24, 2.45) is 0 Å². The Morgan fingerprint density at radius 1 is 1.04 bits per heavy atom. The summed E-state index contributed by atoms with van der Waals surface area (Å²) in [5.41, 5.74) is 3.04. The molecule has 6 heteroatoms. The number of fused-ring (bicyclic) bond motifs is 1. The van der Waals surface area contributed by atoms with Crippen molar-refractivity contribution in [3.63, 3.8) is 0 Å². The number of carbonyl (C=O) groups excluding carboxylic acids is 2. The zero-order chi connectivity index (χ0) is 19.3. The highest BCUT2D eigenvalue weighted by Gasteiger charge is 2.27. The molecule has 1 saturated carbocycles. The standard InChI is InChI=1S/C22H24N4O2/c27-21(24-13-15-6-2-1-3-7-15)20(26-22(28)25-17-10-11-17)12-16-14-23-19-9-5-4-8-18(16)19/h1-9,14,17,20,23H,10-13H2,(H,24,27)(H2,25,26,28)/t20-/m0/s1. The van der Waals surface area contributed by atoms with Gasteiger partial charge in [0, 0.05) is 36.1 Å². The number of nitrogens with one attached hydrogen (secondary N) is 4. The second-order valence-corrected chi connectivity index (χ2v) is 7.21. The number of carbonyl (C=O) groups is 2. The largest absolute Gasteiger partial charge is 0.361 e. The van der Waals surface area contributed by atoms with Gasteiger partial charge < -0.3 is 20.9 Å². The van der Waals surface area contributed by atoms with Crippen molar-refractivity contribution in [1.82, 2.24) is 20.9 Å². The Kier molecular flexibility index (Phi) is 5.28. The van der Waals surface area contributed by atoms with E-state index < -0.39 is 6.04 Å². The maximum absolute atomic E-state index is 12.9. The molecule has 1 aliphatic rings. The van der Waals surface area contributed by atoms with Gasteiger partial charge in [-0.25, -0.2) is 4.79 Å². The number of hydrogen-bond acceptors (Lipinski definition) is 2.